The quantitative estimate of drug-likeness (QED) is 0.477. The smallest absolute Gasteiger partial charge is 0.325 e. The topological polar surface area (TPSA) is 116 Å². The van der Waals surface area contributed by atoms with Crippen molar-refractivity contribution in [2.75, 3.05) is 0 Å². The summed E-state index contributed by atoms with van der Waals surface area (Å²) in [4.78, 5) is 37.5. The average Bonchev–Trinajstić information content (AvgIpc) is 2.43. The van der Waals surface area contributed by atoms with E-state index < -0.39 is 23.9 Å². The zero-order chi connectivity index (χ0) is 15.8. The zero-order valence-electron chi connectivity index (χ0n) is 11.6. The second kappa shape index (κ2) is 7.88. The first-order valence-electron chi connectivity index (χ1n) is 6.42. The monoisotopic (exact) mass is 293 g/mol. The van der Waals surface area contributed by atoms with Crippen molar-refractivity contribution in [1.29, 1.82) is 0 Å². The van der Waals surface area contributed by atoms with Crippen LogP contribution in [0.4, 0.5) is 0 Å². The fourth-order valence-electron chi connectivity index (χ4n) is 1.73. The summed E-state index contributed by atoms with van der Waals surface area (Å²) in [6.45, 7) is 1.78. The molecule has 0 aromatic heterocycles. The van der Waals surface area contributed by atoms with Crippen molar-refractivity contribution in [3.05, 3.63) is 29.8 Å². The molecule has 0 radical (unpaired) electrons. The Kier molecular flexibility index (Phi) is 6.19. The number of carboxylic acids is 2. The van der Waals surface area contributed by atoms with Gasteiger partial charge in [-0.25, -0.2) is 0 Å². The van der Waals surface area contributed by atoms with Crippen LogP contribution in [-0.2, 0) is 14.4 Å². The van der Waals surface area contributed by atoms with Gasteiger partial charge in [0.05, 0.1) is 0 Å². The number of carbonyl (C=O) groups excluding carboxylic acids is 1. The molecule has 114 valence electrons. The Morgan fingerprint density at radius 2 is 2.19 bits per heavy atom. The van der Waals surface area contributed by atoms with Gasteiger partial charge in [-0.3, -0.25) is 9.59 Å². The lowest BCUT2D eigenvalue weighted by Gasteiger charge is -2.22. The van der Waals surface area contributed by atoms with Crippen LogP contribution >= 0.6 is 0 Å². The SMILES string of the molecule is CC=NC1=C[CH-]C(C(=O)NC(CCC(=O)O)C(=O)O)=CC1. The Labute approximate surface area is 122 Å². The molecule has 1 atom stereocenters. The molecule has 1 amide bonds. The van der Waals surface area contributed by atoms with E-state index in [1.807, 2.05) is 0 Å². The Bertz CT molecular complexity index is 519. The third-order valence-electron chi connectivity index (χ3n) is 2.79. The third-order valence-corrected chi connectivity index (χ3v) is 2.79. The second-order valence-electron chi connectivity index (χ2n) is 4.37. The molecule has 1 aliphatic rings. The predicted octanol–water partition coefficient (Wildman–Crippen LogP) is 0.930. The summed E-state index contributed by atoms with van der Waals surface area (Å²) < 4.78 is 0. The van der Waals surface area contributed by atoms with E-state index in [2.05, 4.69) is 10.3 Å². The predicted molar refractivity (Wildman–Crippen MR) is 75.7 cm³/mol. The van der Waals surface area contributed by atoms with Crippen LogP contribution in [-0.4, -0.2) is 40.3 Å². The van der Waals surface area contributed by atoms with Gasteiger partial charge in [0.25, 0.3) is 0 Å². The lowest BCUT2D eigenvalue weighted by atomic mass is 10.0. The van der Waals surface area contributed by atoms with E-state index in [-0.39, 0.29) is 12.8 Å². The summed E-state index contributed by atoms with van der Waals surface area (Å²) in [5.41, 5.74) is 1.14. The number of amides is 1. The summed E-state index contributed by atoms with van der Waals surface area (Å²) in [6.07, 6.45) is 6.52. The van der Waals surface area contributed by atoms with Gasteiger partial charge in [-0.1, -0.05) is 12.0 Å². The van der Waals surface area contributed by atoms with Gasteiger partial charge in [-0.15, -0.1) is 12.5 Å². The van der Waals surface area contributed by atoms with Crippen molar-refractivity contribution in [3.63, 3.8) is 0 Å². The van der Waals surface area contributed by atoms with Crippen molar-refractivity contribution in [2.24, 2.45) is 4.99 Å². The fraction of sp³-hybridized carbons (Fsp3) is 0.357. The zero-order valence-corrected chi connectivity index (χ0v) is 11.6. The van der Waals surface area contributed by atoms with Crippen LogP contribution in [0.1, 0.15) is 26.2 Å². The Morgan fingerprint density at radius 1 is 1.48 bits per heavy atom. The molecule has 3 N–H and O–H groups in total. The summed E-state index contributed by atoms with van der Waals surface area (Å²) in [5, 5.41) is 19.9. The Balaban J connectivity index is 2.59. The lowest BCUT2D eigenvalue weighted by Crippen LogP contribution is -2.41. The van der Waals surface area contributed by atoms with Crippen molar-refractivity contribution >= 4 is 24.1 Å². The number of rotatable bonds is 7. The molecule has 21 heavy (non-hydrogen) atoms. The maximum atomic E-state index is 11.9. The molecular formula is C14H17N2O5-. The van der Waals surface area contributed by atoms with Crippen LogP contribution in [0, 0.1) is 6.42 Å². The third kappa shape index (κ3) is 5.52. The van der Waals surface area contributed by atoms with E-state index >= 15 is 0 Å². The van der Waals surface area contributed by atoms with E-state index in [4.69, 9.17) is 10.2 Å². The fourth-order valence-corrected chi connectivity index (χ4v) is 1.73. The molecule has 0 saturated carbocycles. The summed E-state index contributed by atoms with van der Waals surface area (Å²) in [7, 11) is 0. The first-order chi connectivity index (χ1) is 9.93. The number of hydrogen-bond acceptors (Lipinski definition) is 4. The number of hydrogen-bond donors (Lipinski definition) is 3. The molecule has 0 aliphatic heterocycles. The van der Waals surface area contributed by atoms with Crippen molar-refractivity contribution in [3.8, 4) is 0 Å². The molecule has 7 heteroatoms. The highest BCUT2D eigenvalue weighted by molar-refractivity contribution is 5.98. The van der Waals surface area contributed by atoms with E-state index in [0.29, 0.717) is 12.0 Å². The van der Waals surface area contributed by atoms with Gasteiger partial charge in [0, 0.05) is 6.42 Å². The van der Waals surface area contributed by atoms with Gasteiger partial charge in [-0.2, -0.15) is 6.08 Å². The second-order valence-corrected chi connectivity index (χ2v) is 4.37. The average molecular weight is 293 g/mol. The number of aliphatic imine (C=N–C) groups is 1. The summed E-state index contributed by atoms with van der Waals surface area (Å²) >= 11 is 0. The molecule has 0 bridgehead atoms. The van der Waals surface area contributed by atoms with Crippen molar-refractivity contribution in [2.45, 2.75) is 32.2 Å². The van der Waals surface area contributed by atoms with Gasteiger partial charge in [0.15, 0.2) is 5.91 Å². The van der Waals surface area contributed by atoms with Gasteiger partial charge < -0.3 is 25.3 Å². The first kappa shape index (κ1) is 16.5. The minimum atomic E-state index is -1.26. The maximum absolute atomic E-state index is 11.9. The molecule has 0 heterocycles. The highest BCUT2D eigenvalue weighted by Gasteiger charge is 2.20. The maximum Gasteiger partial charge on any atom is 0.325 e. The van der Waals surface area contributed by atoms with Crippen LogP contribution in [0.5, 0.6) is 0 Å². The molecule has 0 saturated heterocycles. The minimum Gasteiger partial charge on any atom is -0.481 e. The van der Waals surface area contributed by atoms with E-state index in [1.54, 1.807) is 31.7 Å². The molecule has 0 aromatic rings. The number of carbonyl (C=O) groups is 3. The van der Waals surface area contributed by atoms with Gasteiger partial charge >= 0.3 is 11.9 Å². The van der Waals surface area contributed by atoms with Crippen LogP contribution < -0.4 is 5.32 Å². The number of nitrogens with zero attached hydrogens (tertiary/aromatic N) is 1. The normalized spacial score (nSPS) is 15.7. The standard InChI is InChI=1S/C14H17N2O5/c1-2-15-10-5-3-9(4-6-10)13(19)16-11(14(20)21)7-8-12(17)18/h2-5,11H,6-8H2,1H3,(H,16,19)(H,17,18)(H,20,21)/q-1. The van der Waals surface area contributed by atoms with Gasteiger partial charge in [0.1, 0.15) is 6.04 Å². The molecule has 0 fully saturated rings. The summed E-state index contributed by atoms with van der Waals surface area (Å²) in [5.74, 6) is -2.90. The van der Waals surface area contributed by atoms with Crippen molar-refractivity contribution < 1.29 is 24.6 Å². The lowest BCUT2D eigenvalue weighted by molar-refractivity contribution is -0.142. The van der Waals surface area contributed by atoms with Crippen molar-refractivity contribution in [1.82, 2.24) is 5.32 Å². The largest absolute Gasteiger partial charge is 0.481 e. The first-order valence-corrected chi connectivity index (χ1v) is 6.42. The molecule has 1 rings (SSSR count). The number of allylic oxidation sites excluding steroid dienone is 2. The molecule has 0 aromatic carbocycles. The molecule has 1 unspecified atom stereocenters. The Morgan fingerprint density at radius 3 is 2.67 bits per heavy atom. The van der Waals surface area contributed by atoms with E-state index in [1.165, 1.54) is 0 Å². The molecule has 0 spiro atoms. The van der Waals surface area contributed by atoms with Crippen LogP contribution in [0.25, 0.3) is 0 Å². The Hall–Kier alpha value is -2.57. The number of aliphatic carboxylic acids is 2. The van der Waals surface area contributed by atoms with Crippen LogP contribution in [0.15, 0.2) is 28.4 Å². The minimum absolute atomic E-state index is 0.162. The molecule has 7 nitrogen and oxygen atoms in total. The number of carboxylic acid groups (broad SMARTS) is 2. The summed E-state index contributed by atoms with van der Waals surface area (Å²) in [6, 6.07) is -1.22. The van der Waals surface area contributed by atoms with Gasteiger partial charge in [0.2, 0.25) is 0 Å². The van der Waals surface area contributed by atoms with E-state index in [9.17, 15) is 14.4 Å². The number of nitrogens with one attached hydrogen (secondary N) is 1. The molecular weight excluding hydrogens is 276 g/mol. The van der Waals surface area contributed by atoms with Crippen LogP contribution in [0.2, 0.25) is 0 Å². The van der Waals surface area contributed by atoms with Gasteiger partial charge in [-0.05, 0) is 25.3 Å². The molecule has 1 aliphatic carbocycles. The highest BCUT2D eigenvalue weighted by atomic mass is 16.4. The highest BCUT2D eigenvalue weighted by Crippen LogP contribution is 2.17. The van der Waals surface area contributed by atoms with E-state index in [0.717, 1.165) is 5.70 Å². The van der Waals surface area contributed by atoms with Crippen LogP contribution in [0.3, 0.4) is 0 Å².